The molecular weight excluding hydrogens is 360 g/mol. The molecule has 2 saturated heterocycles. The predicted molar refractivity (Wildman–Crippen MR) is 95.7 cm³/mol. The number of fused-ring (bicyclic) bond motifs is 1. The first-order valence-corrected chi connectivity index (χ1v) is 8.96. The number of aliphatic hydroxyl groups is 2. The van der Waals surface area contributed by atoms with Gasteiger partial charge in [-0.2, -0.15) is 0 Å². The zero-order valence-corrected chi connectivity index (χ0v) is 15.9. The summed E-state index contributed by atoms with van der Waals surface area (Å²) in [5, 5.41) is 22.0. The van der Waals surface area contributed by atoms with Crippen molar-refractivity contribution in [2.45, 2.75) is 63.9 Å². The normalized spacial score (nSPS) is 31.0. The third-order valence-corrected chi connectivity index (χ3v) is 4.96. The highest BCUT2D eigenvalue weighted by atomic mass is 35.5. The van der Waals surface area contributed by atoms with Gasteiger partial charge in [0.15, 0.2) is 12.1 Å². The van der Waals surface area contributed by atoms with Crippen molar-refractivity contribution in [2.24, 2.45) is 0 Å². The Bertz CT molecular complexity index is 676. The first-order chi connectivity index (χ1) is 12.2. The van der Waals surface area contributed by atoms with E-state index in [0.717, 1.165) is 11.1 Å². The molecule has 0 bridgehead atoms. The number of ether oxygens (including phenoxy) is 4. The Morgan fingerprint density at radius 1 is 1.38 bits per heavy atom. The molecule has 5 atom stereocenters. The summed E-state index contributed by atoms with van der Waals surface area (Å²) >= 11 is 6.27. The van der Waals surface area contributed by atoms with E-state index < -0.39 is 36.5 Å². The van der Waals surface area contributed by atoms with Crippen LogP contribution in [0.1, 0.15) is 36.6 Å². The van der Waals surface area contributed by atoms with Gasteiger partial charge in [0.05, 0.1) is 13.2 Å². The van der Waals surface area contributed by atoms with Gasteiger partial charge in [-0.05, 0) is 49.6 Å². The minimum absolute atomic E-state index is 0.296. The third-order valence-electron chi connectivity index (χ3n) is 4.61. The molecule has 7 heteroatoms. The Morgan fingerprint density at radius 2 is 2.12 bits per heavy atom. The Hall–Kier alpha value is -0.990. The Balaban J connectivity index is 1.78. The molecule has 0 aliphatic carbocycles. The minimum Gasteiger partial charge on any atom is -0.387 e. The molecule has 0 amide bonds. The van der Waals surface area contributed by atoms with Gasteiger partial charge in [0.1, 0.15) is 24.4 Å². The molecule has 2 aliphatic heterocycles. The average Bonchev–Trinajstić information content (AvgIpc) is 3.02. The van der Waals surface area contributed by atoms with Crippen molar-refractivity contribution in [1.82, 2.24) is 0 Å². The lowest BCUT2D eigenvalue weighted by Gasteiger charge is -2.27. The number of hydrogen-bond donors (Lipinski definition) is 2. The maximum Gasteiger partial charge on any atom is 0.190 e. The monoisotopic (exact) mass is 384 g/mol. The summed E-state index contributed by atoms with van der Waals surface area (Å²) < 4.78 is 22.5. The summed E-state index contributed by atoms with van der Waals surface area (Å²) in [5.74, 6) is -0.821. The highest BCUT2D eigenvalue weighted by Crippen LogP contribution is 2.41. The molecule has 3 rings (SSSR count). The average molecular weight is 385 g/mol. The van der Waals surface area contributed by atoms with Gasteiger partial charge in [0.25, 0.3) is 0 Å². The van der Waals surface area contributed by atoms with Crippen molar-refractivity contribution in [3.8, 4) is 0 Å². The van der Waals surface area contributed by atoms with Gasteiger partial charge in [-0.3, -0.25) is 0 Å². The summed E-state index contributed by atoms with van der Waals surface area (Å²) in [6.07, 6.45) is -2.60. The molecule has 2 heterocycles. The van der Waals surface area contributed by atoms with E-state index in [0.29, 0.717) is 23.8 Å². The molecule has 0 spiro atoms. The zero-order chi connectivity index (χ0) is 19.1. The van der Waals surface area contributed by atoms with Crippen LogP contribution >= 0.6 is 11.6 Å². The largest absolute Gasteiger partial charge is 0.387 e. The highest BCUT2D eigenvalue weighted by Gasteiger charge is 2.56. The quantitative estimate of drug-likeness (QED) is 0.580. The second kappa shape index (κ2) is 7.56. The molecule has 26 heavy (non-hydrogen) atoms. The van der Waals surface area contributed by atoms with Gasteiger partial charge >= 0.3 is 0 Å². The van der Waals surface area contributed by atoms with E-state index in [2.05, 4.69) is 6.58 Å². The summed E-state index contributed by atoms with van der Waals surface area (Å²) in [4.78, 5) is 0. The molecule has 2 fully saturated rings. The SMILES string of the molecule is C=CCOCc1cc(C(O)[C@@H]2O[C@H]3OC(C)(C)O[C@H]3[C@@H]2O)c(C)cc1Cl. The van der Waals surface area contributed by atoms with E-state index in [1.165, 1.54) is 0 Å². The number of halogens is 1. The van der Waals surface area contributed by atoms with Crippen LogP contribution in [0.5, 0.6) is 0 Å². The fourth-order valence-corrected chi connectivity index (χ4v) is 3.65. The van der Waals surface area contributed by atoms with Crippen LogP contribution < -0.4 is 0 Å². The molecule has 6 nitrogen and oxygen atoms in total. The van der Waals surface area contributed by atoms with Crippen LogP contribution in [-0.2, 0) is 25.6 Å². The van der Waals surface area contributed by atoms with Gasteiger partial charge in [-0.15, -0.1) is 6.58 Å². The van der Waals surface area contributed by atoms with Crippen LogP contribution in [0, 0.1) is 6.92 Å². The van der Waals surface area contributed by atoms with E-state index in [4.69, 9.17) is 30.5 Å². The fourth-order valence-electron chi connectivity index (χ4n) is 3.37. The lowest BCUT2D eigenvalue weighted by Crippen LogP contribution is -2.37. The van der Waals surface area contributed by atoms with E-state index in [1.54, 1.807) is 32.1 Å². The number of aryl methyl sites for hydroxylation is 1. The van der Waals surface area contributed by atoms with Crippen LogP contribution in [0.15, 0.2) is 24.8 Å². The molecule has 1 unspecified atom stereocenters. The minimum atomic E-state index is -1.05. The topological polar surface area (TPSA) is 77.4 Å². The van der Waals surface area contributed by atoms with Gasteiger partial charge < -0.3 is 29.2 Å². The Morgan fingerprint density at radius 3 is 2.77 bits per heavy atom. The molecule has 1 aromatic carbocycles. The predicted octanol–water partition coefficient (Wildman–Crippen LogP) is 2.62. The number of hydrogen-bond acceptors (Lipinski definition) is 6. The molecule has 2 aliphatic rings. The van der Waals surface area contributed by atoms with Crippen molar-refractivity contribution in [3.63, 3.8) is 0 Å². The van der Waals surface area contributed by atoms with Crippen molar-refractivity contribution in [1.29, 1.82) is 0 Å². The third kappa shape index (κ3) is 3.82. The summed E-state index contributed by atoms with van der Waals surface area (Å²) in [6, 6.07) is 3.55. The van der Waals surface area contributed by atoms with Crippen LogP contribution in [0.2, 0.25) is 5.02 Å². The number of benzene rings is 1. The van der Waals surface area contributed by atoms with Crippen LogP contribution in [0.3, 0.4) is 0 Å². The van der Waals surface area contributed by atoms with Gasteiger partial charge in [-0.1, -0.05) is 17.7 Å². The molecule has 2 N–H and O–H groups in total. The molecule has 0 saturated carbocycles. The standard InChI is InChI=1S/C19H25ClO6/c1-5-6-23-9-11-8-12(10(2)7-13(11)20)14(21)16-15(22)17-18(24-16)26-19(3,4)25-17/h5,7-8,14-18,21-22H,1,6,9H2,2-4H3/t14?,15-,16+,17+,18+/m1/s1. The molecule has 0 aromatic heterocycles. The maximum absolute atomic E-state index is 10.8. The first-order valence-electron chi connectivity index (χ1n) is 8.58. The van der Waals surface area contributed by atoms with Gasteiger partial charge in [-0.25, -0.2) is 0 Å². The van der Waals surface area contributed by atoms with E-state index in [1.807, 2.05) is 6.92 Å². The van der Waals surface area contributed by atoms with E-state index >= 15 is 0 Å². The summed E-state index contributed by atoms with van der Waals surface area (Å²) in [6.45, 7) is 9.66. The van der Waals surface area contributed by atoms with Crippen LogP contribution in [0.25, 0.3) is 0 Å². The second-order valence-corrected chi connectivity index (χ2v) is 7.52. The van der Waals surface area contributed by atoms with E-state index in [9.17, 15) is 10.2 Å². The van der Waals surface area contributed by atoms with Crippen molar-refractivity contribution in [2.75, 3.05) is 6.61 Å². The van der Waals surface area contributed by atoms with Gasteiger partial charge in [0.2, 0.25) is 0 Å². The number of aliphatic hydroxyl groups excluding tert-OH is 2. The summed E-state index contributed by atoms with van der Waals surface area (Å²) in [7, 11) is 0. The van der Waals surface area contributed by atoms with Crippen molar-refractivity contribution >= 4 is 11.6 Å². The fraction of sp³-hybridized carbons (Fsp3) is 0.579. The lowest BCUT2D eigenvalue weighted by molar-refractivity contribution is -0.226. The molecule has 0 radical (unpaired) electrons. The molecule has 144 valence electrons. The Labute approximate surface area is 158 Å². The maximum atomic E-state index is 10.8. The van der Waals surface area contributed by atoms with Crippen molar-refractivity contribution < 1.29 is 29.2 Å². The summed E-state index contributed by atoms with van der Waals surface area (Å²) in [5.41, 5.74) is 2.16. The highest BCUT2D eigenvalue weighted by molar-refractivity contribution is 6.31. The van der Waals surface area contributed by atoms with Crippen molar-refractivity contribution in [3.05, 3.63) is 46.5 Å². The Kier molecular flexibility index (Phi) is 5.75. The van der Waals surface area contributed by atoms with Crippen LogP contribution in [-0.4, -0.2) is 47.2 Å². The van der Waals surface area contributed by atoms with Crippen LogP contribution in [0.4, 0.5) is 0 Å². The first kappa shape index (κ1) is 19.8. The number of rotatable bonds is 6. The van der Waals surface area contributed by atoms with Gasteiger partial charge in [0, 0.05) is 5.02 Å². The lowest BCUT2D eigenvalue weighted by atomic mass is 9.94. The smallest absolute Gasteiger partial charge is 0.190 e. The van der Waals surface area contributed by atoms with E-state index in [-0.39, 0.29) is 0 Å². The second-order valence-electron chi connectivity index (χ2n) is 7.11. The molecular formula is C19H25ClO6. The zero-order valence-electron chi connectivity index (χ0n) is 15.1. The molecule has 1 aromatic rings.